The molecule has 27 heavy (non-hydrogen) atoms. The first-order valence-electron chi connectivity index (χ1n) is 9.32. The highest BCUT2D eigenvalue weighted by atomic mass is 32.2. The van der Waals surface area contributed by atoms with E-state index in [1.54, 1.807) is 23.1 Å². The van der Waals surface area contributed by atoms with Crippen LogP contribution in [0.1, 0.15) is 41.6 Å². The van der Waals surface area contributed by atoms with Gasteiger partial charge in [-0.1, -0.05) is 31.0 Å². The highest BCUT2D eigenvalue weighted by molar-refractivity contribution is 7.90. The molecule has 1 aliphatic heterocycles. The van der Waals surface area contributed by atoms with Gasteiger partial charge in [0.05, 0.1) is 5.69 Å². The summed E-state index contributed by atoms with van der Waals surface area (Å²) < 4.78 is 30.0. The third-order valence-electron chi connectivity index (χ3n) is 5.17. The minimum absolute atomic E-state index is 0.0240. The molecule has 1 saturated carbocycles. The summed E-state index contributed by atoms with van der Waals surface area (Å²) in [6.45, 7) is 0.597. The van der Waals surface area contributed by atoms with E-state index < -0.39 is 10.2 Å². The van der Waals surface area contributed by atoms with Crippen molar-refractivity contribution in [2.24, 2.45) is 0 Å². The highest BCUT2D eigenvalue weighted by Crippen LogP contribution is 2.32. The Balaban J connectivity index is 1.49. The summed E-state index contributed by atoms with van der Waals surface area (Å²) in [5, 5.41) is 0. The SMILES string of the molecule is O=C(c1ccccc1)N1CCc2cc(NS(=O)(=O)NC3CCCC3)ccc21. The number of carbonyl (C=O) groups is 1. The lowest BCUT2D eigenvalue weighted by molar-refractivity contribution is 0.0989. The second kappa shape index (κ2) is 7.32. The molecule has 2 aliphatic rings. The fraction of sp³-hybridized carbons (Fsp3) is 0.350. The standard InChI is InChI=1S/C20H23N3O3S/c24-20(15-6-2-1-3-7-15)23-13-12-16-14-18(10-11-19(16)23)22-27(25,26)21-17-8-4-5-9-17/h1-3,6-7,10-11,14,17,21-22H,4-5,8-9,12-13H2. The lowest BCUT2D eigenvalue weighted by atomic mass is 10.1. The van der Waals surface area contributed by atoms with Crippen LogP contribution in [0.5, 0.6) is 0 Å². The molecule has 0 spiro atoms. The third kappa shape index (κ3) is 3.99. The maximum atomic E-state index is 12.7. The van der Waals surface area contributed by atoms with Crippen molar-refractivity contribution in [3.8, 4) is 0 Å². The Hall–Kier alpha value is -2.38. The van der Waals surface area contributed by atoms with Crippen LogP contribution in [-0.2, 0) is 16.6 Å². The molecule has 1 amide bonds. The van der Waals surface area contributed by atoms with Crippen LogP contribution >= 0.6 is 0 Å². The van der Waals surface area contributed by atoms with E-state index >= 15 is 0 Å². The van der Waals surface area contributed by atoms with Crippen LogP contribution in [0.15, 0.2) is 48.5 Å². The Labute approximate surface area is 159 Å². The largest absolute Gasteiger partial charge is 0.308 e. The fourth-order valence-corrected chi connectivity index (χ4v) is 5.03. The highest BCUT2D eigenvalue weighted by Gasteiger charge is 2.26. The first kappa shape index (κ1) is 18.0. The number of nitrogens with one attached hydrogen (secondary N) is 2. The first-order chi connectivity index (χ1) is 13.0. The van der Waals surface area contributed by atoms with Gasteiger partial charge in [-0.3, -0.25) is 9.52 Å². The van der Waals surface area contributed by atoms with Gasteiger partial charge < -0.3 is 4.90 Å². The number of fused-ring (bicyclic) bond motifs is 1. The van der Waals surface area contributed by atoms with E-state index in [-0.39, 0.29) is 11.9 Å². The molecule has 0 aromatic heterocycles. The van der Waals surface area contributed by atoms with Crippen LogP contribution in [0.25, 0.3) is 0 Å². The number of benzene rings is 2. The molecular weight excluding hydrogens is 362 g/mol. The molecule has 2 aromatic rings. The minimum atomic E-state index is -3.59. The molecule has 1 fully saturated rings. The maximum absolute atomic E-state index is 12.7. The number of hydrogen-bond acceptors (Lipinski definition) is 3. The van der Waals surface area contributed by atoms with Crippen molar-refractivity contribution in [3.63, 3.8) is 0 Å². The van der Waals surface area contributed by atoms with Gasteiger partial charge in [-0.15, -0.1) is 0 Å². The van der Waals surface area contributed by atoms with E-state index in [2.05, 4.69) is 9.44 Å². The van der Waals surface area contributed by atoms with Gasteiger partial charge in [0.2, 0.25) is 0 Å². The van der Waals surface area contributed by atoms with Crippen LogP contribution in [0.2, 0.25) is 0 Å². The molecule has 0 radical (unpaired) electrons. The molecule has 2 N–H and O–H groups in total. The topological polar surface area (TPSA) is 78.5 Å². The van der Waals surface area contributed by atoms with Crippen molar-refractivity contribution in [2.75, 3.05) is 16.2 Å². The average Bonchev–Trinajstić information content (AvgIpc) is 3.30. The zero-order valence-corrected chi connectivity index (χ0v) is 15.8. The molecule has 0 saturated heterocycles. The Morgan fingerprint density at radius 2 is 1.78 bits per heavy atom. The molecule has 0 unspecified atom stereocenters. The monoisotopic (exact) mass is 385 g/mol. The Bertz CT molecular complexity index is 938. The zero-order valence-electron chi connectivity index (χ0n) is 15.0. The van der Waals surface area contributed by atoms with Crippen molar-refractivity contribution < 1.29 is 13.2 Å². The molecule has 142 valence electrons. The van der Waals surface area contributed by atoms with Crippen molar-refractivity contribution >= 4 is 27.5 Å². The van der Waals surface area contributed by atoms with Gasteiger partial charge in [-0.25, -0.2) is 0 Å². The van der Waals surface area contributed by atoms with Gasteiger partial charge in [0.25, 0.3) is 16.1 Å². The molecular formula is C20H23N3O3S. The van der Waals surface area contributed by atoms with Gasteiger partial charge in [0, 0.05) is 23.8 Å². The Kier molecular flexibility index (Phi) is 4.88. The maximum Gasteiger partial charge on any atom is 0.299 e. The summed E-state index contributed by atoms with van der Waals surface area (Å²) in [5.41, 5.74) is 2.99. The van der Waals surface area contributed by atoms with E-state index in [1.807, 2.05) is 30.3 Å². The minimum Gasteiger partial charge on any atom is -0.308 e. The zero-order chi connectivity index (χ0) is 18.9. The summed E-state index contributed by atoms with van der Waals surface area (Å²) >= 11 is 0. The second-order valence-corrected chi connectivity index (χ2v) is 8.57. The van der Waals surface area contributed by atoms with Crippen LogP contribution in [0.4, 0.5) is 11.4 Å². The first-order valence-corrected chi connectivity index (χ1v) is 10.8. The van der Waals surface area contributed by atoms with E-state index in [9.17, 15) is 13.2 Å². The van der Waals surface area contributed by atoms with Gasteiger partial charge in [-0.05, 0) is 55.2 Å². The molecule has 2 aromatic carbocycles. The third-order valence-corrected chi connectivity index (χ3v) is 6.32. The number of amides is 1. The van der Waals surface area contributed by atoms with E-state index in [0.29, 0.717) is 24.2 Å². The number of nitrogens with zero attached hydrogens (tertiary/aromatic N) is 1. The van der Waals surface area contributed by atoms with E-state index in [1.165, 1.54) is 0 Å². The Morgan fingerprint density at radius 1 is 1.04 bits per heavy atom. The van der Waals surface area contributed by atoms with Crippen LogP contribution in [0, 0.1) is 0 Å². The van der Waals surface area contributed by atoms with Crippen LogP contribution in [0.3, 0.4) is 0 Å². The lowest BCUT2D eigenvalue weighted by Gasteiger charge is -2.18. The number of anilines is 2. The normalized spacial score (nSPS) is 17.1. The molecule has 1 aliphatic carbocycles. The van der Waals surface area contributed by atoms with Crippen molar-refractivity contribution in [3.05, 3.63) is 59.7 Å². The molecule has 1 heterocycles. The summed E-state index contributed by atoms with van der Waals surface area (Å²) in [5.74, 6) is -0.0365. The van der Waals surface area contributed by atoms with Gasteiger partial charge in [-0.2, -0.15) is 13.1 Å². The number of carbonyl (C=O) groups excluding carboxylic acids is 1. The van der Waals surface area contributed by atoms with Gasteiger partial charge >= 0.3 is 0 Å². The predicted octanol–water partition coefficient (Wildman–Crippen LogP) is 3.08. The van der Waals surface area contributed by atoms with Gasteiger partial charge in [0.1, 0.15) is 0 Å². The summed E-state index contributed by atoms with van der Waals surface area (Å²) in [7, 11) is -3.59. The van der Waals surface area contributed by atoms with Crippen molar-refractivity contribution in [1.29, 1.82) is 0 Å². The molecule has 6 nitrogen and oxygen atoms in total. The molecule has 0 atom stereocenters. The molecule has 0 bridgehead atoms. The number of rotatable bonds is 5. The second-order valence-electron chi connectivity index (χ2n) is 7.12. The van der Waals surface area contributed by atoms with Gasteiger partial charge in [0.15, 0.2) is 0 Å². The molecule has 7 heteroatoms. The van der Waals surface area contributed by atoms with Crippen LogP contribution < -0.4 is 14.3 Å². The lowest BCUT2D eigenvalue weighted by Crippen LogP contribution is -2.37. The van der Waals surface area contributed by atoms with Crippen molar-refractivity contribution in [1.82, 2.24) is 4.72 Å². The fourth-order valence-electron chi connectivity index (χ4n) is 3.86. The number of hydrogen-bond donors (Lipinski definition) is 2. The molecule has 4 rings (SSSR count). The summed E-state index contributed by atoms with van der Waals surface area (Å²) in [6.07, 6.45) is 4.62. The Morgan fingerprint density at radius 3 is 2.52 bits per heavy atom. The van der Waals surface area contributed by atoms with Crippen LogP contribution in [-0.4, -0.2) is 26.9 Å². The average molecular weight is 385 g/mol. The summed E-state index contributed by atoms with van der Waals surface area (Å²) in [6, 6.07) is 14.6. The quantitative estimate of drug-likeness (QED) is 0.830. The summed E-state index contributed by atoms with van der Waals surface area (Å²) in [4.78, 5) is 14.5. The van der Waals surface area contributed by atoms with Crippen molar-refractivity contribution in [2.45, 2.75) is 38.1 Å². The van der Waals surface area contributed by atoms with E-state index in [0.717, 1.165) is 36.9 Å². The van der Waals surface area contributed by atoms with E-state index in [4.69, 9.17) is 0 Å². The predicted molar refractivity (Wildman–Crippen MR) is 106 cm³/mol. The smallest absolute Gasteiger partial charge is 0.299 e.